The first-order valence-electron chi connectivity index (χ1n) is 8.52. The highest BCUT2D eigenvalue weighted by atomic mass is 16.1. The third-order valence-corrected chi connectivity index (χ3v) is 5.03. The molecule has 2 aromatic heterocycles. The van der Waals surface area contributed by atoms with Crippen LogP contribution in [0.4, 0.5) is 0 Å². The van der Waals surface area contributed by atoms with Gasteiger partial charge in [-0.15, -0.1) is 0 Å². The maximum atomic E-state index is 13.1. The quantitative estimate of drug-likeness (QED) is 0.535. The molecule has 0 unspecified atom stereocenters. The molecule has 4 aromatic rings. The molecule has 0 bridgehead atoms. The van der Waals surface area contributed by atoms with Gasteiger partial charge >= 0.3 is 0 Å². The molecule has 0 radical (unpaired) electrons. The maximum absolute atomic E-state index is 13.1. The van der Waals surface area contributed by atoms with E-state index in [1.807, 2.05) is 61.0 Å². The van der Waals surface area contributed by atoms with E-state index in [0.29, 0.717) is 22.3 Å². The topological polar surface area (TPSA) is 56.9 Å². The van der Waals surface area contributed by atoms with Crippen LogP contribution in [0.15, 0.2) is 53.3 Å². The van der Waals surface area contributed by atoms with Gasteiger partial charge in [0.25, 0.3) is 5.56 Å². The van der Waals surface area contributed by atoms with Gasteiger partial charge in [-0.25, -0.2) is 4.98 Å². The molecule has 4 rings (SSSR count). The zero-order valence-electron chi connectivity index (χ0n) is 15.0. The normalized spacial score (nSPS) is 11.3. The van der Waals surface area contributed by atoms with Crippen LogP contribution in [0, 0.1) is 13.8 Å². The number of Topliss-reactive ketones (excluding diaryl/α,β-unsaturated/α-hetero) is 1. The van der Waals surface area contributed by atoms with Crippen molar-refractivity contribution in [2.45, 2.75) is 20.4 Å². The molecule has 0 saturated heterocycles. The summed E-state index contributed by atoms with van der Waals surface area (Å²) in [5.74, 6) is 0.460. The molecule has 0 saturated carbocycles. The molecule has 5 heteroatoms. The lowest BCUT2D eigenvalue weighted by molar-refractivity contribution is 0.0970. The molecular formula is C21H19N3O2. The third kappa shape index (κ3) is 2.36. The zero-order chi connectivity index (χ0) is 18.4. The summed E-state index contributed by atoms with van der Waals surface area (Å²) >= 11 is 0. The Kier molecular flexibility index (Phi) is 3.72. The third-order valence-electron chi connectivity index (χ3n) is 5.03. The van der Waals surface area contributed by atoms with Crippen molar-refractivity contribution in [3.05, 3.63) is 76.0 Å². The molecule has 2 heterocycles. The number of ketones is 1. The zero-order valence-corrected chi connectivity index (χ0v) is 15.0. The minimum Gasteiger partial charge on any atom is -0.347 e. The maximum Gasteiger partial charge on any atom is 0.261 e. The largest absolute Gasteiger partial charge is 0.347 e. The molecule has 0 amide bonds. The van der Waals surface area contributed by atoms with Gasteiger partial charge in [0.15, 0.2) is 5.78 Å². The fourth-order valence-corrected chi connectivity index (χ4v) is 3.56. The number of carbonyl (C=O) groups is 1. The van der Waals surface area contributed by atoms with Crippen LogP contribution < -0.4 is 5.56 Å². The summed E-state index contributed by atoms with van der Waals surface area (Å²) in [4.78, 5) is 30.4. The molecule has 2 aromatic carbocycles. The SMILES string of the molecule is Cc1nc2ccccc2c(=O)n1CC(=O)c1c(C)n(C)c2ccccc12. The first kappa shape index (κ1) is 16.3. The fourth-order valence-electron chi connectivity index (χ4n) is 3.56. The first-order chi connectivity index (χ1) is 12.5. The molecule has 5 nitrogen and oxygen atoms in total. The van der Waals surface area contributed by atoms with Crippen molar-refractivity contribution >= 4 is 27.6 Å². The van der Waals surface area contributed by atoms with Crippen LogP contribution >= 0.6 is 0 Å². The first-order valence-corrected chi connectivity index (χ1v) is 8.52. The second-order valence-corrected chi connectivity index (χ2v) is 6.53. The Labute approximate surface area is 150 Å². The van der Waals surface area contributed by atoms with E-state index in [1.165, 1.54) is 4.57 Å². The van der Waals surface area contributed by atoms with Gasteiger partial charge in [-0.05, 0) is 32.0 Å². The number of rotatable bonds is 3. The number of carbonyl (C=O) groups excluding carboxylic acids is 1. The lowest BCUT2D eigenvalue weighted by Gasteiger charge is -2.10. The van der Waals surface area contributed by atoms with Gasteiger partial charge in [-0.3, -0.25) is 14.2 Å². The van der Waals surface area contributed by atoms with Gasteiger partial charge in [0.2, 0.25) is 0 Å². The minimum absolute atomic E-state index is 0.0165. The Morgan fingerprint density at radius 3 is 2.42 bits per heavy atom. The van der Waals surface area contributed by atoms with Crippen LogP contribution in [0.25, 0.3) is 21.8 Å². The molecule has 0 atom stereocenters. The standard InChI is InChI=1S/C21H19N3O2/c1-13-20(16-9-5-7-11-18(16)23(13)3)19(25)12-24-14(2)22-17-10-6-4-8-15(17)21(24)26/h4-11H,12H2,1-3H3. The average molecular weight is 345 g/mol. The highest BCUT2D eigenvalue weighted by molar-refractivity contribution is 6.09. The number of hydrogen-bond donors (Lipinski definition) is 0. The van der Waals surface area contributed by atoms with E-state index < -0.39 is 0 Å². The number of hydrogen-bond acceptors (Lipinski definition) is 3. The van der Waals surface area contributed by atoms with Crippen LogP contribution in [0.5, 0.6) is 0 Å². The van der Waals surface area contributed by atoms with Crippen molar-refractivity contribution in [2.75, 3.05) is 0 Å². The second-order valence-electron chi connectivity index (χ2n) is 6.53. The van der Waals surface area contributed by atoms with E-state index in [-0.39, 0.29) is 17.9 Å². The van der Waals surface area contributed by atoms with Crippen molar-refractivity contribution in [3.8, 4) is 0 Å². The fraction of sp³-hybridized carbons (Fsp3) is 0.190. The number of benzene rings is 2. The number of para-hydroxylation sites is 2. The Hall–Kier alpha value is -3.21. The predicted molar refractivity (Wildman–Crippen MR) is 103 cm³/mol. The van der Waals surface area contributed by atoms with E-state index in [2.05, 4.69) is 4.98 Å². The van der Waals surface area contributed by atoms with Crippen molar-refractivity contribution in [2.24, 2.45) is 7.05 Å². The van der Waals surface area contributed by atoms with E-state index in [0.717, 1.165) is 16.6 Å². The van der Waals surface area contributed by atoms with Gasteiger partial charge in [0.1, 0.15) is 5.82 Å². The monoisotopic (exact) mass is 345 g/mol. The van der Waals surface area contributed by atoms with Crippen molar-refractivity contribution in [1.82, 2.24) is 14.1 Å². The Balaban J connectivity index is 1.85. The summed E-state index contributed by atoms with van der Waals surface area (Å²) in [5, 5.41) is 1.44. The summed E-state index contributed by atoms with van der Waals surface area (Å²) < 4.78 is 3.47. The van der Waals surface area contributed by atoms with Crippen molar-refractivity contribution in [1.29, 1.82) is 0 Å². The molecule has 0 aliphatic carbocycles. The van der Waals surface area contributed by atoms with Crippen molar-refractivity contribution in [3.63, 3.8) is 0 Å². The summed E-state index contributed by atoms with van der Waals surface area (Å²) in [6.07, 6.45) is 0. The van der Waals surface area contributed by atoms with Gasteiger partial charge in [0.05, 0.1) is 17.4 Å². The minimum atomic E-state index is -0.181. The van der Waals surface area contributed by atoms with Crippen LogP contribution in [-0.4, -0.2) is 19.9 Å². The van der Waals surface area contributed by atoms with Gasteiger partial charge in [-0.2, -0.15) is 0 Å². The Morgan fingerprint density at radius 2 is 1.65 bits per heavy atom. The highest BCUT2D eigenvalue weighted by Gasteiger charge is 2.20. The van der Waals surface area contributed by atoms with Gasteiger partial charge < -0.3 is 4.57 Å². The number of fused-ring (bicyclic) bond motifs is 2. The molecular weight excluding hydrogens is 326 g/mol. The second kappa shape index (κ2) is 5.95. The summed E-state index contributed by atoms with van der Waals surface area (Å²) in [7, 11) is 1.95. The lowest BCUT2D eigenvalue weighted by atomic mass is 10.1. The van der Waals surface area contributed by atoms with Crippen LogP contribution in [0.3, 0.4) is 0 Å². The van der Waals surface area contributed by atoms with Gasteiger partial charge in [0, 0.05) is 29.2 Å². The predicted octanol–water partition coefficient (Wildman–Crippen LogP) is 3.39. The van der Waals surface area contributed by atoms with E-state index in [1.54, 1.807) is 13.0 Å². The Morgan fingerprint density at radius 1 is 1.00 bits per heavy atom. The molecule has 0 fully saturated rings. The molecule has 0 aliphatic heterocycles. The van der Waals surface area contributed by atoms with E-state index in [9.17, 15) is 9.59 Å². The molecule has 130 valence electrons. The van der Waals surface area contributed by atoms with E-state index in [4.69, 9.17) is 0 Å². The van der Waals surface area contributed by atoms with Crippen LogP contribution in [0.2, 0.25) is 0 Å². The highest BCUT2D eigenvalue weighted by Crippen LogP contribution is 2.25. The molecule has 0 aliphatic rings. The molecule has 0 N–H and O–H groups in total. The Bertz CT molecular complexity index is 1230. The van der Waals surface area contributed by atoms with E-state index >= 15 is 0 Å². The summed E-state index contributed by atoms with van der Waals surface area (Å²) in [6.45, 7) is 3.68. The van der Waals surface area contributed by atoms with Crippen molar-refractivity contribution < 1.29 is 4.79 Å². The summed E-state index contributed by atoms with van der Waals surface area (Å²) in [6, 6.07) is 15.0. The van der Waals surface area contributed by atoms with Crippen LogP contribution in [-0.2, 0) is 13.6 Å². The van der Waals surface area contributed by atoms with Crippen LogP contribution in [0.1, 0.15) is 21.9 Å². The summed E-state index contributed by atoms with van der Waals surface area (Å²) in [5.41, 5.74) is 3.05. The number of aryl methyl sites for hydroxylation is 2. The number of nitrogens with zero attached hydrogens (tertiary/aromatic N) is 3. The molecule has 26 heavy (non-hydrogen) atoms. The average Bonchev–Trinajstić information content (AvgIpc) is 2.90. The van der Waals surface area contributed by atoms with Gasteiger partial charge in [-0.1, -0.05) is 30.3 Å². The smallest absolute Gasteiger partial charge is 0.261 e. The lowest BCUT2D eigenvalue weighted by Crippen LogP contribution is -2.27. The molecule has 0 spiro atoms. The number of aromatic nitrogens is 3.